The number of aryl methyl sites for hydroxylation is 1. The number of carbonyl (C=O) groups is 1. The Morgan fingerprint density at radius 1 is 0.931 bits per heavy atom. The van der Waals surface area contributed by atoms with Gasteiger partial charge in [0.05, 0.1) is 28.5 Å². The van der Waals surface area contributed by atoms with E-state index in [0.29, 0.717) is 11.3 Å². The van der Waals surface area contributed by atoms with Gasteiger partial charge in [-0.3, -0.25) is 9.78 Å². The SMILES string of the molecule is O=C(NC1CCCc2ccccc21)c1cc(-c2ccccn2)nc2ccccc12. The summed E-state index contributed by atoms with van der Waals surface area (Å²) < 4.78 is 0. The number of hydrogen-bond acceptors (Lipinski definition) is 3. The van der Waals surface area contributed by atoms with E-state index < -0.39 is 0 Å². The summed E-state index contributed by atoms with van der Waals surface area (Å²) in [5.74, 6) is -0.0671. The molecule has 0 saturated carbocycles. The zero-order valence-corrected chi connectivity index (χ0v) is 16.0. The summed E-state index contributed by atoms with van der Waals surface area (Å²) in [6, 6.07) is 23.8. The van der Waals surface area contributed by atoms with E-state index in [1.54, 1.807) is 6.20 Å². The summed E-state index contributed by atoms with van der Waals surface area (Å²) in [5.41, 5.74) is 5.46. The molecule has 4 nitrogen and oxygen atoms in total. The third-order valence-corrected chi connectivity index (χ3v) is 5.56. The number of pyridine rings is 2. The second-order valence-corrected chi connectivity index (χ2v) is 7.40. The molecule has 4 heteroatoms. The fourth-order valence-electron chi connectivity index (χ4n) is 4.15. The lowest BCUT2D eigenvalue weighted by Crippen LogP contribution is -2.31. The third-order valence-electron chi connectivity index (χ3n) is 5.56. The second kappa shape index (κ2) is 7.47. The van der Waals surface area contributed by atoms with E-state index in [0.717, 1.165) is 35.9 Å². The van der Waals surface area contributed by atoms with Gasteiger partial charge in [-0.2, -0.15) is 0 Å². The normalized spacial score (nSPS) is 15.7. The van der Waals surface area contributed by atoms with E-state index in [2.05, 4.69) is 28.5 Å². The van der Waals surface area contributed by atoms with Crippen LogP contribution in [0.2, 0.25) is 0 Å². The fraction of sp³-hybridized carbons (Fsp3) is 0.160. The van der Waals surface area contributed by atoms with Crippen molar-refractivity contribution in [1.82, 2.24) is 15.3 Å². The number of amides is 1. The summed E-state index contributed by atoms with van der Waals surface area (Å²) in [6.07, 6.45) is 4.85. The number of carbonyl (C=O) groups excluding carboxylic acids is 1. The first-order chi connectivity index (χ1) is 14.3. The van der Waals surface area contributed by atoms with Gasteiger partial charge in [-0.05, 0) is 54.7 Å². The first kappa shape index (κ1) is 17.6. The van der Waals surface area contributed by atoms with Crippen molar-refractivity contribution in [1.29, 1.82) is 0 Å². The third kappa shape index (κ3) is 3.38. The number of nitrogens with zero attached hydrogens (tertiary/aromatic N) is 2. The van der Waals surface area contributed by atoms with Crippen molar-refractivity contribution in [2.75, 3.05) is 0 Å². The molecule has 1 atom stereocenters. The standard InChI is InChI=1S/C25H21N3O/c29-25(28-21-14-7-9-17-8-1-2-10-18(17)21)20-16-24(23-13-5-6-15-26-23)27-22-12-4-3-11-19(20)22/h1-6,8,10-13,15-16,21H,7,9,14H2,(H,28,29). The van der Waals surface area contributed by atoms with E-state index in [4.69, 9.17) is 4.98 Å². The molecule has 142 valence electrons. The first-order valence-corrected chi connectivity index (χ1v) is 9.99. The molecule has 0 radical (unpaired) electrons. The number of aromatic nitrogens is 2. The lowest BCUT2D eigenvalue weighted by Gasteiger charge is -2.26. The predicted molar refractivity (Wildman–Crippen MR) is 115 cm³/mol. The molecule has 4 aromatic rings. The summed E-state index contributed by atoms with van der Waals surface area (Å²) in [5, 5.41) is 4.13. The maximum Gasteiger partial charge on any atom is 0.252 e. The van der Waals surface area contributed by atoms with Gasteiger partial charge < -0.3 is 5.32 Å². The molecule has 0 saturated heterocycles. The largest absolute Gasteiger partial charge is 0.345 e. The predicted octanol–water partition coefficient (Wildman–Crippen LogP) is 5.10. The number of rotatable bonds is 3. The molecule has 1 aliphatic rings. The number of fused-ring (bicyclic) bond motifs is 2. The highest BCUT2D eigenvalue weighted by atomic mass is 16.1. The zero-order valence-electron chi connectivity index (χ0n) is 16.0. The monoisotopic (exact) mass is 379 g/mol. The van der Waals surface area contributed by atoms with Crippen LogP contribution in [0, 0.1) is 0 Å². The lowest BCUT2D eigenvalue weighted by molar-refractivity contribution is 0.0934. The van der Waals surface area contributed by atoms with Crippen molar-refractivity contribution in [2.45, 2.75) is 25.3 Å². The van der Waals surface area contributed by atoms with Gasteiger partial charge in [-0.15, -0.1) is 0 Å². The number of nitrogens with one attached hydrogen (secondary N) is 1. The van der Waals surface area contributed by atoms with Crippen molar-refractivity contribution < 1.29 is 4.79 Å². The maximum atomic E-state index is 13.4. The smallest absolute Gasteiger partial charge is 0.252 e. The van der Waals surface area contributed by atoms with Crippen LogP contribution in [0.4, 0.5) is 0 Å². The first-order valence-electron chi connectivity index (χ1n) is 9.99. The van der Waals surface area contributed by atoms with E-state index in [1.807, 2.05) is 54.6 Å². The quantitative estimate of drug-likeness (QED) is 0.538. The highest BCUT2D eigenvalue weighted by Gasteiger charge is 2.23. The molecule has 1 aliphatic carbocycles. The van der Waals surface area contributed by atoms with Crippen LogP contribution >= 0.6 is 0 Å². The molecule has 2 aromatic heterocycles. The number of benzene rings is 2. The van der Waals surface area contributed by atoms with Crippen LogP contribution < -0.4 is 5.32 Å². The average molecular weight is 379 g/mol. The molecule has 0 fully saturated rings. The Morgan fingerprint density at radius 3 is 2.66 bits per heavy atom. The van der Waals surface area contributed by atoms with Crippen molar-refractivity contribution >= 4 is 16.8 Å². The van der Waals surface area contributed by atoms with Gasteiger partial charge in [-0.1, -0.05) is 48.5 Å². The zero-order chi connectivity index (χ0) is 19.6. The average Bonchev–Trinajstić information content (AvgIpc) is 2.79. The van der Waals surface area contributed by atoms with E-state index in [9.17, 15) is 4.79 Å². The number of hydrogen-bond donors (Lipinski definition) is 1. The van der Waals surface area contributed by atoms with Crippen LogP contribution in [0.5, 0.6) is 0 Å². The molecule has 1 N–H and O–H groups in total. The van der Waals surface area contributed by atoms with Crippen molar-refractivity contribution in [3.63, 3.8) is 0 Å². The Bertz CT molecular complexity index is 1190. The molecular weight excluding hydrogens is 358 g/mol. The molecule has 2 heterocycles. The van der Waals surface area contributed by atoms with Gasteiger partial charge in [0.1, 0.15) is 0 Å². The minimum Gasteiger partial charge on any atom is -0.345 e. The Labute approximate surface area is 169 Å². The van der Waals surface area contributed by atoms with Gasteiger partial charge in [0, 0.05) is 11.6 Å². The van der Waals surface area contributed by atoms with Crippen LogP contribution in [-0.4, -0.2) is 15.9 Å². The van der Waals surface area contributed by atoms with Crippen LogP contribution in [-0.2, 0) is 6.42 Å². The molecule has 0 bridgehead atoms. The molecule has 1 unspecified atom stereocenters. The molecule has 1 amide bonds. The molecule has 0 spiro atoms. The van der Waals surface area contributed by atoms with Crippen molar-refractivity contribution in [3.8, 4) is 11.4 Å². The van der Waals surface area contributed by atoms with E-state index in [1.165, 1.54) is 11.1 Å². The Balaban J connectivity index is 1.55. The van der Waals surface area contributed by atoms with Crippen LogP contribution in [0.3, 0.4) is 0 Å². The molecule has 29 heavy (non-hydrogen) atoms. The highest BCUT2D eigenvalue weighted by Crippen LogP contribution is 2.30. The topological polar surface area (TPSA) is 54.9 Å². The summed E-state index contributed by atoms with van der Waals surface area (Å²) in [4.78, 5) is 22.5. The fourth-order valence-corrected chi connectivity index (χ4v) is 4.15. The van der Waals surface area contributed by atoms with Gasteiger partial charge in [-0.25, -0.2) is 4.98 Å². The molecule has 0 aliphatic heterocycles. The Morgan fingerprint density at radius 2 is 1.76 bits per heavy atom. The highest BCUT2D eigenvalue weighted by molar-refractivity contribution is 6.07. The van der Waals surface area contributed by atoms with Crippen molar-refractivity contribution in [2.24, 2.45) is 0 Å². The minimum absolute atomic E-state index is 0.0395. The maximum absolute atomic E-state index is 13.4. The van der Waals surface area contributed by atoms with Crippen LogP contribution in [0.25, 0.3) is 22.3 Å². The van der Waals surface area contributed by atoms with Gasteiger partial charge in [0.2, 0.25) is 0 Å². The number of para-hydroxylation sites is 1. The lowest BCUT2D eigenvalue weighted by atomic mass is 9.87. The van der Waals surface area contributed by atoms with Crippen LogP contribution in [0.15, 0.2) is 79.0 Å². The van der Waals surface area contributed by atoms with Crippen LogP contribution in [0.1, 0.15) is 40.4 Å². The van der Waals surface area contributed by atoms with E-state index in [-0.39, 0.29) is 11.9 Å². The molecular formula is C25H21N3O. The second-order valence-electron chi connectivity index (χ2n) is 7.40. The molecule has 2 aromatic carbocycles. The summed E-state index contributed by atoms with van der Waals surface area (Å²) in [6.45, 7) is 0. The Kier molecular flexibility index (Phi) is 4.53. The van der Waals surface area contributed by atoms with Crippen molar-refractivity contribution in [3.05, 3.63) is 95.7 Å². The Hall–Kier alpha value is -3.53. The minimum atomic E-state index is -0.0671. The van der Waals surface area contributed by atoms with Gasteiger partial charge in [0.15, 0.2) is 0 Å². The van der Waals surface area contributed by atoms with Gasteiger partial charge >= 0.3 is 0 Å². The molecule has 5 rings (SSSR count). The summed E-state index contributed by atoms with van der Waals surface area (Å²) in [7, 11) is 0. The summed E-state index contributed by atoms with van der Waals surface area (Å²) >= 11 is 0. The van der Waals surface area contributed by atoms with E-state index >= 15 is 0 Å². The van der Waals surface area contributed by atoms with Gasteiger partial charge in [0.25, 0.3) is 5.91 Å².